The van der Waals surface area contributed by atoms with Gasteiger partial charge in [-0.25, -0.2) is 4.79 Å². The first kappa shape index (κ1) is 22.1. The van der Waals surface area contributed by atoms with Gasteiger partial charge in [-0.05, 0) is 30.9 Å². The van der Waals surface area contributed by atoms with Crippen LogP contribution in [0.15, 0.2) is 65.6 Å². The lowest BCUT2D eigenvalue weighted by molar-refractivity contribution is -0.140. The Morgan fingerprint density at radius 2 is 1.59 bits per heavy atom. The molecule has 32 heavy (non-hydrogen) atoms. The molecule has 0 atom stereocenters. The van der Waals surface area contributed by atoms with Gasteiger partial charge in [0.2, 0.25) is 0 Å². The van der Waals surface area contributed by atoms with Crippen molar-refractivity contribution in [2.24, 2.45) is 0 Å². The Balaban J connectivity index is 1.55. The van der Waals surface area contributed by atoms with Gasteiger partial charge in [-0.15, -0.1) is 11.8 Å². The van der Waals surface area contributed by atoms with E-state index >= 15 is 0 Å². The number of ether oxygens (including phenoxy) is 1. The molecule has 0 aliphatic carbocycles. The molecule has 2 aromatic carbocycles. The van der Waals surface area contributed by atoms with Crippen molar-refractivity contribution in [3.63, 3.8) is 0 Å². The molecule has 0 bridgehead atoms. The Morgan fingerprint density at radius 1 is 0.969 bits per heavy atom. The second-order valence-corrected chi connectivity index (χ2v) is 8.73. The number of rotatable bonds is 6. The molecule has 2 heterocycles. The highest BCUT2D eigenvalue weighted by Crippen LogP contribution is 2.39. The summed E-state index contributed by atoms with van der Waals surface area (Å²) in [5, 5.41) is 0. The van der Waals surface area contributed by atoms with E-state index in [0.29, 0.717) is 48.8 Å². The maximum atomic E-state index is 13.5. The molecule has 0 N–H and O–H groups in total. The Labute approximate surface area is 192 Å². The van der Waals surface area contributed by atoms with Gasteiger partial charge < -0.3 is 9.64 Å². The van der Waals surface area contributed by atoms with Crippen molar-refractivity contribution in [1.82, 2.24) is 9.80 Å². The lowest BCUT2D eigenvalue weighted by Gasteiger charge is -2.35. The molecule has 166 valence electrons. The van der Waals surface area contributed by atoms with Crippen LogP contribution in [0, 0.1) is 0 Å². The van der Waals surface area contributed by atoms with Crippen LogP contribution in [0.4, 0.5) is 4.79 Å². The second-order valence-electron chi connectivity index (χ2n) is 7.74. The summed E-state index contributed by atoms with van der Waals surface area (Å²) in [7, 11) is 0. The molecule has 0 aromatic heterocycles. The highest BCUT2D eigenvalue weighted by Gasteiger charge is 2.43. The van der Waals surface area contributed by atoms with Gasteiger partial charge in [0.25, 0.3) is 11.8 Å². The number of imide groups is 1. The van der Waals surface area contributed by atoms with E-state index in [1.54, 1.807) is 11.8 Å². The van der Waals surface area contributed by atoms with Gasteiger partial charge in [-0.3, -0.25) is 14.5 Å². The van der Waals surface area contributed by atoms with Gasteiger partial charge in [0.15, 0.2) is 0 Å². The molecule has 2 aliphatic rings. The molecule has 0 saturated carbocycles. The Morgan fingerprint density at radius 3 is 2.22 bits per heavy atom. The summed E-state index contributed by atoms with van der Waals surface area (Å²) < 4.78 is 5.08. The van der Waals surface area contributed by atoms with E-state index in [1.165, 1.54) is 16.7 Å². The lowest BCUT2D eigenvalue weighted by Crippen LogP contribution is -2.49. The van der Waals surface area contributed by atoms with Crippen molar-refractivity contribution in [2.75, 3.05) is 19.7 Å². The predicted octanol–water partition coefficient (Wildman–Crippen LogP) is 4.32. The molecule has 7 heteroatoms. The smallest absolute Gasteiger partial charge is 0.409 e. The van der Waals surface area contributed by atoms with E-state index in [1.807, 2.05) is 60.7 Å². The van der Waals surface area contributed by atoms with Crippen molar-refractivity contribution < 1.29 is 19.1 Å². The highest BCUT2D eigenvalue weighted by atomic mass is 32.2. The van der Waals surface area contributed by atoms with E-state index in [2.05, 4.69) is 0 Å². The third-order valence-corrected chi connectivity index (χ3v) is 6.86. The van der Waals surface area contributed by atoms with Crippen LogP contribution >= 0.6 is 11.8 Å². The van der Waals surface area contributed by atoms with Gasteiger partial charge in [0, 0.05) is 24.9 Å². The highest BCUT2D eigenvalue weighted by molar-refractivity contribution is 8.03. The van der Waals surface area contributed by atoms with Crippen molar-refractivity contribution in [2.45, 2.75) is 31.6 Å². The molecular weight excluding hydrogens is 424 g/mol. The van der Waals surface area contributed by atoms with Crippen LogP contribution in [0.5, 0.6) is 0 Å². The summed E-state index contributed by atoms with van der Waals surface area (Å²) in [5.74, 6) is 0.136. The monoisotopic (exact) mass is 450 g/mol. The fraction of sp³-hybridized carbons (Fsp3) is 0.320. The quantitative estimate of drug-likeness (QED) is 0.613. The number of likely N-dealkylation sites (tertiary alicyclic amines) is 1. The molecule has 2 aromatic rings. The SMILES string of the molecule is CCOC(=O)N1CCC(N2C(=O)C(SCc3ccccc3)=C(c3ccccc3)C2=O)CC1. The number of hydrogen-bond acceptors (Lipinski definition) is 5. The summed E-state index contributed by atoms with van der Waals surface area (Å²) in [4.78, 5) is 42.5. The minimum atomic E-state index is -0.341. The van der Waals surface area contributed by atoms with E-state index < -0.39 is 0 Å². The minimum Gasteiger partial charge on any atom is -0.450 e. The van der Waals surface area contributed by atoms with E-state index in [4.69, 9.17) is 4.74 Å². The number of benzene rings is 2. The zero-order chi connectivity index (χ0) is 22.5. The van der Waals surface area contributed by atoms with Crippen LogP contribution < -0.4 is 0 Å². The summed E-state index contributed by atoms with van der Waals surface area (Å²) in [6.07, 6.45) is 0.761. The normalized spacial score (nSPS) is 17.3. The maximum absolute atomic E-state index is 13.5. The van der Waals surface area contributed by atoms with Crippen LogP contribution in [0.1, 0.15) is 30.9 Å². The standard InChI is InChI=1S/C25H26N2O4S/c1-2-31-25(30)26-15-13-20(14-16-26)27-23(28)21(19-11-7-4-8-12-19)22(24(27)29)32-17-18-9-5-3-6-10-18/h3-12,20H,2,13-17H2,1H3. The minimum absolute atomic E-state index is 0.228. The average molecular weight is 451 g/mol. The molecule has 3 amide bonds. The lowest BCUT2D eigenvalue weighted by atomic mass is 10.0. The second kappa shape index (κ2) is 10.0. The fourth-order valence-electron chi connectivity index (χ4n) is 4.10. The zero-order valence-corrected chi connectivity index (χ0v) is 18.8. The number of thioether (sulfide) groups is 1. The Kier molecular flexibility index (Phi) is 6.95. The summed E-state index contributed by atoms with van der Waals surface area (Å²) in [6, 6.07) is 19.1. The Bertz CT molecular complexity index is 1010. The third-order valence-electron chi connectivity index (χ3n) is 5.72. The topological polar surface area (TPSA) is 66.9 Å². The number of nitrogens with zero attached hydrogens (tertiary/aromatic N) is 2. The first-order chi connectivity index (χ1) is 15.6. The first-order valence-electron chi connectivity index (χ1n) is 10.9. The van der Waals surface area contributed by atoms with Crippen LogP contribution in [-0.4, -0.2) is 53.4 Å². The molecular formula is C25H26N2O4S. The molecule has 0 unspecified atom stereocenters. The predicted molar refractivity (Wildman–Crippen MR) is 125 cm³/mol. The van der Waals surface area contributed by atoms with Crippen molar-refractivity contribution in [1.29, 1.82) is 0 Å². The number of piperidine rings is 1. The summed E-state index contributed by atoms with van der Waals surface area (Å²) >= 11 is 1.41. The van der Waals surface area contributed by atoms with Crippen LogP contribution in [0.2, 0.25) is 0 Å². The molecule has 0 radical (unpaired) electrons. The number of hydrogen-bond donors (Lipinski definition) is 0. The van der Waals surface area contributed by atoms with Crippen molar-refractivity contribution in [3.05, 3.63) is 76.7 Å². The number of carbonyl (C=O) groups is 3. The van der Waals surface area contributed by atoms with Gasteiger partial charge in [0.05, 0.1) is 17.1 Å². The zero-order valence-electron chi connectivity index (χ0n) is 18.0. The van der Waals surface area contributed by atoms with Crippen molar-refractivity contribution in [3.8, 4) is 0 Å². The van der Waals surface area contributed by atoms with Gasteiger partial charge in [-0.1, -0.05) is 60.7 Å². The average Bonchev–Trinajstić information content (AvgIpc) is 3.08. The maximum Gasteiger partial charge on any atom is 0.409 e. The van der Waals surface area contributed by atoms with Gasteiger partial charge in [-0.2, -0.15) is 0 Å². The van der Waals surface area contributed by atoms with Crippen LogP contribution in [-0.2, 0) is 20.1 Å². The summed E-state index contributed by atoms with van der Waals surface area (Å²) in [6.45, 7) is 3.04. The van der Waals surface area contributed by atoms with Crippen LogP contribution in [0.25, 0.3) is 5.57 Å². The van der Waals surface area contributed by atoms with E-state index in [0.717, 1.165) is 11.1 Å². The van der Waals surface area contributed by atoms with E-state index in [9.17, 15) is 14.4 Å². The number of carbonyl (C=O) groups excluding carboxylic acids is 3. The molecule has 6 nitrogen and oxygen atoms in total. The third kappa shape index (κ3) is 4.58. The summed E-state index contributed by atoms with van der Waals surface area (Å²) in [5.41, 5.74) is 2.33. The van der Waals surface area contributed by atoms with Gasteiger partial charge >= 0.3 is 6.09 Å². The first-order valence-corrected chi connectivity index (χ1v) is 11.8. The molecule has 1 saturated heterocycles. The fourth-order valence-corrected chi connectivity index (χ4v) is 5.18. The van der Waals surface area contributed by atoms with Gasteiger partial charge in [0.1, 0.15) is 0 Å². The largest absolute Gasteiger partial charge is 0.450 e. The van der Waals surface area contributed by atoms with Crippen molar-refractivity contribution >= 4 is 35.2 Å². The number of amides is 3. The molecule has 4 rings (SSSR count). The Hall–Kier alpha value is -3.06. The van der Waals surface area contributed by atoms with Crippen LogP contribution in [0.3, 0.4) is 0 Å². The molecule has 2 aliphatic heterocycles. The van der Waals surface area contributed by atoms with E-state index in [-0.39, 0.29) is 23.9 Å². The molecule has 0 spiro atoms. The molecule has 1 fully saturated rings.